The number of pyridine rings is 1. The lowest BCUT2D eigenvalue weighted by Crippen LogP contribution is -2.15. The Balaban J connectivity index is 1.37. The summed E-state index contributed by atoms with van der Waals surface area (Å²) in [5.41, 5.74) is 3.29. The lowest BCUT2D eigenvalue weighted by molar-refractivity contribution is -0.117. The quantitative estimate of drug-likeness (QED) is 0.370. The normalized spacial score (nSPS) is 13.7. The molecule has 0 bridgehead atoms. The summed E-state index contributed by atoms with van der Waals surface area (Å²) in [6.45, 7) is 0. The van der Waals surface area contributed by atoms with Crippen molar-refractivity contribution < 1.29 is 17.6 Å². The highest BCUT2D eigenvalue weighted by atomic mass is 32.2. The van der Waals surface area contributed by atoms with Gasteiger partial charge < -0.3 is 10.3 Å². The van der Waals surface area contributed by atoms with E-state index in [4.69, 9.17) is 0 Å². The van der Waals surface area contributed by atoms with Crippen molar-refractivity contribution in [1.29, 1.82) is 0 Å². The topological polar surface area (TPSA) is 104 Å². The zero-order chi connectivity index (χ0) is 23.0. The molecule has 9 heteroatoms. The molecule has 1 amide bonds. The maximum absolute atomic E-state index is 13.1. The lowest BCUT2D eigenvalue weighted by atomic mass is 10.0. The zero-order valence-electron chi connectivity index (χ0n) is 17.5. The molecule has 168 valence electrons. The van der Waals surface area contributed by atoms with Gasteiger partial charge in [-0.1, -0.05) is 24.3 Å². The fourth-order valence-corrected chi connectivity index (χ4v) is 4.85. The number of carbonyl (C=O) groups excluding carboxylic acids is 1. The molecule has 2 heterocycles. The van der Waals surface area contributed by atoms with Gasteiger partial charge in [-0.2, -0.15) is 0 Å². The summed E-state index contributed by atoms with van der Waals surface area (Å²) in [4.78, 5) is 19.7. The molecule has 5 rings (SSSR count). The van der Waals surface area contributed by atoms with Crippen LogP contribution in [0.4, 0.5) is 15.9 Å². The van der Waals surface area contributed by atoms with Gasteiger partial charge in [0.1, 0.15) is 17.3 Å². The van der Waals surface area contributed by atoms with Gasteiger partial charge in [-0.25, -0.2) is 17.8 Å². The number of aromatic amines is 1. The molecule has 1 fully saturated rings. The van der Waals surface area contributed by atoms with E-state index < -0.39 is 15.8 Å². The van der Waals surface area contributed by atoms with E-state index in [1.165, 1.54) is 24.3 Å². The van der Waals surface area contributed by atoms with Crippen LogP contribution in [0, 0.1) is 11.7 Å². The van der Waals surface area contributed by atoms with Crippen LogP contribution in [-0.2, 0) is 20.6 Å². The van der Waals surface area contributed by atoms with E-state index in [0.29, 0.717) is 22.7 Å². The predicted octanol–water partition coefficient (Wildman–Crippen LogP) is 4.66. The van der Waals surface area contributed by atoms with E-state index in [1.54, 1.807) is 18.3 Å². The molecule has 3 N–H and O–H groups in total. The van der Waals surface area contributed by atoms with Crippen LogP contribution in [0.25, 0.3) is 22.2 Å². The van der Waals surface area contributed by atoms with Crippen molar-refractivity contribution in [2.24, 2.45) is 5.92 Å². The molecule has 0 aliphatic heterocycles. The van der Waals surface area contributed by atoms with Gasteiger partial charge in [0.2, 0.25) is 15.9 Å². The van der Waals surface area contributed by atoms with Gasteiger partial charge in [-0.15, -0.1) is 0 Å². The molecule has 1 aliphatic rings. The van der Waals surface area contributed by atoms with E-state index in [2.05, 4.69) is 20.0 Å². The third-order valence-corrected chi connectivity index (χ3v) is 6.73. The Bertz CT molecular complexity index is 1430. The number of fused-ring (bicyclic) bond motifs is 1. The Morgan fingerprint density at radius 3 is 2.48 bits per heavy atom. The van der Waals surface area contributed by atoms with E-state index >= 15 is 0 Å². The van der Waals surface area contributed by atoms with Crippen LogP contribution in [0.3, 0.4) is 0 Å². The highest BCUT2D eigenvalue weighted by Crippen LogP contribution is 2.33. The lowest BCUT2D eigenvalue weighted by Gasteiger charge is -2.11. The monoisotopic (exact) mass is 464 g/mol. The average molecular weight is 465 g/mol. The number of H-pyrrole nitrogens is 1. The van der Waals surface area contributed by atoms with Crippen molar-refractivity contribution in [1.82, 2.24) is 9.97 Å². The van der Waals surface area contributed by atoms with Crippen LogP contribution in [-0.4, -0.2) is 24.3 Å². The van der Waals surface area contributed by atoms with Gasteiger partial charge in [-0.3, -0.25) is 9.52 Å². The van der Waals surface area contributed by atoms with Crippen molar-refractivity contribution in [2.45, 2.75) is 18.6 Å². The molecule has 0 radical (unpaired) electrons. The van der Waals surface area contributed by atoms with Gasteiger partial charge in [0.25, 0.3) is 0 Å². The highest BCUT2D eigenvalue weighted by molar-refractivity contribution is 7.91. The Morgan fingerprint density at radius 2 is 1.79 bits per heavy atom. The number of sulfonamides is 1. The molecule has 1 saturated carbocycles. The first-order chi connectivity index (χ1) is 15.9. The molecule has 2 aromatic heterocycles. The number of aromatic nitrogens is 2. The molecule has 0 atom stereocenters. The van der Waals surface area contributed by atoms with E-state index in [-0.39, 0.29) is 17.6 Å². The van der Waals surface area contributed by atoms with Crippen LogP contribution in [0.15, 0.2) is 66.9 Å². The SMILES string of the molecule is O=C(Nc1cc(-c2ccc(NS(=O)(=O)Cc3ccc(F)cc3)cc2)c2cc[nH]c2n1)C1CC1. The Morgan fingerprint density at radius 1 is 1.06 bits per heavy atom. The molecular formula is C24H21FN4O3S. The van der Waals surface area contributed by atoms with Crippen LogP contribution < -0.4 is 10.0 Å². The van der Waals surface area contributed by atoms with Crippen LogP contribution in [0.2, 0.25) is 0 Å². The number of benzene rings is 2. The number of carbonyl (C=O) groups is 1. The summed E-state index contributed by atoms with van der Waals surface area (Å²) in [5, 5.41) is 3.77. The summed E-state index contributed by atoms with van der Waals surface area (Å²) >= 11 is 0. The Labute approximate surface area is 190 Å². The molecule has 7 nitrogen and oxygen atoms in total. The Kier molecular flexibility index (Phi) is 5.33. The molecule has 0 spiro atoms. The molecule has 0 saturated heterocycles. The summed E-state index contributed by atoms with van der Waals surface area (Å²) in [5.74, 6) is -0.154. The Hall–Kier alpha value is -3.72. The van der Waals surface area contributed by atoms with E-state index in [0.717, 1.165) is 29.4 Å². The van der Waals surface area contributed by atoms with Crippen molar-refractivity contribution >= 4 is 38.5 Å². The minimum absolute atomic E-state index is 0.0229. The highest BCUT2D eigenvalue weighted by Gasteiger charge is 2.30. The zero-order valence-corrected chi connectivity index (χ0v) is 18.3. The van der Waals surface area contributed by atoms with Crippen molar-refractivity contribution in [3.63, 3.8) is 0 Å². The maximum atomic E-state index is 13.1. The predicted molar refractivity (Wildman–Crippen MR) is 126 cm³/mol. The van der Waals surface area contributed by atoms with Gasteiger partial charge in [0.15, 0.2) is 0 Å². The molecule has 1 aliphatic carbocycles. The van der Waals surface area contributed by atoms with Crippen LogP contribution in [0.5, 0.6) is 0 Å². The van der Waals surface area contributed by atoms with Crippen LogP contribution >= 0.6 is 0 Å². The average Bonchev–Trinajstić information content (AvgIpc) is 3.53. The third-order valence-electron chi connectivity index (χ3n) is 5.47. The second-order valence-electron chi connectivity index (χ2n) is 8.12. The van der Waals surface area contributed by atoms with Crippen molar-refractivity contribution in [3.8, 4) is 11.1 Å². The second kappa shape index (κ2) is 8.32. The smallest absolute Gasteiger partial charge is 0.236 e. The molecule has 4 aromatic rings. The second-order valence-corrected chi connectivity index (χ2v) is 9.85. The third kappa shape index (κ3) is 4.88. The van der Waals surface area contributed by atoms with Gasteiger partial charge in [0, 0.05) is 23.2 Å². The summed E-state index contributed by atoms with van der Waals surface area (Å²) in [7, 11) is -3.66. The van der Waals surface area contributed by atoms with Crippen molar-refractivity contribution in [3.05, 3.63) is 78.2 Å². The summed E-state index contributed by atoms with van der Waals surface area (Å²) in [6.07, 6.45) is 3.59. The minimum Gasteiger partial charge on any atom is -0.346 e. The first-order valence-electron chi connectivity index (χ1n) is 10.5. The maximum Gasteiger partial charge on any atom is 0.236 e. The molecule has 33 heavy (non-hydrogen) atoms. The number of hydrogen-bond donors (Lipinski definition) is 3. The standard InChI is InChI=1S/C24H21FN4O3S/c25-18-7-1-15(2-8-18)14-33(31,32)29-19-9-5-16(6-10-19)21-13-22(28-24(30)17-3-4-17)27-23-20(21)11-12-26-23/h1-2,5-13,17,29H,3-4,14H2,(H2,26,27,28,30). The van der Waals surface area contributed by atoms with Gasteiger partial charge in [0.05, 0.1) is 5.75 Å². The number of hydrogen-bond acceptors (Lipinski definition) is 4. The van der Waals surface area contributed by atoms with Gasteiger partial charge >= 0.3 is 0 Å². The number of rotatable bonds is 7. The number of nitrogens with zero attached hydrogens (tertiary/aromatic N) is 1. The largest absolute Gasteiger partial charge is 0.346 e. The number of nitrogens with one attached hydrogen (secondary N) is 3. The number of anilines is 2. The first kappa shape index (κ1) is 21.1. The van der Waals surface area contributed by atoms with E-state index in [9.17, 15) is 17.6 Å². The van der Waals surface area contributed by atoms with Gasteiger partial charge in [-0.05, 0) is 65.9 Å². The number of amides is 1. The first-order valence-corrected chi connectivity index (χ1v) is 12.2. The molecular weight excluding hydrogens is 443 g/mol. The minimum atomic E-state index is -3.66. The summed E-state index contributed by atoms with van der Waals surface area (Å²) in [6, 6.07) is 16.1. The number of halogens is 1. The molecule has 2 aromatic carbocycles. The molecule has 0 unspecified atom stereocenters. The van der Waals surface area contributed by atoms with Crippen LogP contribution in [0.1, 0.15) is 18.4 Å². The summed E-state index contributed by atoms with van der Waals surface area (Å²) < 4.78 is 40.6. The fraction of sp³-hybridized carbons (Fsp3) is 0.167. The van der Waals surface area contributed by atoms with E-state index in [1.807, 2.05) is 24.3 Å². The fourth-order valence-electron chi connectivity index (χ4n) is 3.65. The van der Waals surface area contributed by atoms with Crippen molar-refractivity contribution in [2.75, 3.05) is 10.0 Å².